The van der Waals surface area contributed by atoms with Gasteiger partial charge in [0.1, 0.15) is 17.6 Å². The third-order valence-corrected chi connectivity index (χ3v) is 2.17. The number of hydrogen-bond acceptors (Lipinski definition) is 2. The van der Waals surface area contributed by atoms with Gasteiger partial charge in [0.25, 0.3) is 0 Å². The van der Waals surface area contributed by atoms with Crippen LogP contribution in [-0.4, -0.2) is 11.9 Å². The van der Waals surface area contributed by atoms with Crippen molar-refractivity contribution in [2.24, 2.45) is 0 Å². The summed E-state index contributed by atoms with van der Waals surface area (Å²) < 4.78 is 18.3. The highest BCUT2D eigenvalue weighted by Crippen LogP contribution is 2.16. The minimum atomic E-state index is -0.538. The van der Waals surface area contributed by atoms with Gasteiger partial charge in [0.2, 0.25) is 0 Å². The molecule has 0 saturated heterocycles. The number of ether oxygens (including phenoxy) is 1. The van der Waals surface area contributed by atoms with E-state index >= 15 is 0 Å². The average molecular weight is 258 g/mol. The molecule has 0 radical (unpaired) electrons. The molecule has 0 N–H and O–H groups in total. The fourth-order valence-electron chi connectivity index (χ4n) is 0.921. The first kappa shape index (κ1) is 11.0. The van der Waals surface area contributed by atoms with Crippen LogP contribution in [0.15, 0.2) is 18.2 Å². The Morgan fingerprint density at radius 1 is 1.50 bits per heavy atom. The van der Waals surface area contributed by atoms with E-state index in [-0.39, 0.29) is 5.56 Å². The van der Waals surface area contributed by atoms with Crippen molar-refractivity contribution < 1.29 is 9.13 Å². The summed E-state index contributed by atoms with van der Waals surface area (Å²) in [5, 5.41) is 9.34. The van der Waals surface area contributed by atoms with E-state index in [9.17, 15) is 4.39 Å². The minimum absolute atomic E-state index is 0.0397. The zero-order valence-corrected chi connectivity index (χ0v) is 9.05. The molecule has 1 aromatic carbocycles. The molecule has 0 atom stereocenters. The maximum Gasteiger partial charge on any atom is 0.144 e. The molecule has 0 amide bonds. The maximum absolute atomic E-state index is 13.0. The van der Waals surface area contributed by atoms with Crippen molar-refractivity contribution in [2.45, 2.75) is 6.42 Å². The summed E-state index contributed by atoms with van der Waals surface area (Å²) in [6.07, 6.45) is 0.863. The van der Waals surface area contributed by atoms with Crippen LogP contribution in [0.25, 0.3) is 0 Å². The topological polar surface area (TPSA) is 33.0 Å². The SMILES string of the molecule is N#Cc1ccc(OCCCBr)cc1F. The standard InChI is InChI=1S/C10H9BrFNO/c11-4-1-5-14-9-3-2-8(7-13)10(12)6-9/h2-3,6H,1,4-5H2. The number of rotatable bonds is 4. The Bertz CT molecular complexity index is 348. The summed E-state index contributed by atoms with van der Waals surface area (Å²) in [6, 6.07) is 5.99. The number of benzene rings is 1. The second-order valence-corrected chi connectivity index (χ2v) is 3.44. The normalized spacial score (nSPS) is 9.50. The van der Waals surface area contributed by atoms with E-state index in [1.165, 1.54) is 12.1 Å². The van der Waals surface area contributed by atoms with E-state index in [1.807, 2.05) is 0 Å². The lowest BCUT2D eigenvalue weighted by Crippen LogP contribution is -1.98. The lowest BCUT2D eigenvalue weighted by molar-refractivity contribution is 0.317. The molecule has 0 bridgehead atoms. The van der Waals surface area contributed by atoms with E-state index in [1.54, 1.807) is 12.1 Å². The zero-order valence-electron chi connectivity index (χ0n) is 7.46. The summed E-state index contributed by atoms with van der Waals surface area (Å²) in [7, 11) is 0. The molecule has 0 heterocycles. The van der Waals surface area contributed by atoms with Gasteiger partial charge in [-0.1, -0.05) is 15.9 Å². The van der Waals surface area contributed by atoms with Crippen molar-refractivity contribution in [1.29, 1.82) is 5.26 Å². The van der Waals surface area contributed by atoms with Crippen molar-refractivity contribution in [3.8, 4) is 11.8 Å². The summed E-state index contributed by atoms with van der Waals surface area (Å²) in [5.74, 6) is -0.0775. The van der Waals surface area contributed by atoms with E-state index in [2.05, 4.69) is 15.9 Å². The molecule has 4 heteroatoms. The van der Waals surface area contributed by atoms with Gasteiger partial charge in [-0.3, -0.25) is 0 Å². The molecule has 0 saturated carbocycles. The predicted octanol–water partition coefficient (Wildman–Crippen LogP) is 2.86. The molecule has 1 aromatic rings. The first-order valence-corrected chi connectivity index (χ1v) is 5.28. The summed E-state index contributed by atoms with van der Waals surface area (Å²) in [6.45, 7) is 0.538. The van der Waals surface area contributed by atoms with Crippen LogP contribution >= 0.6 is 15.9 Å². The van der Waals surface area contributed by atoms with Crippen molar-refractivity contribution in [3.63, 3.8) is 0 Å². The molecule has 1 rings (SSSR count). The molecule has 2 nitrogen and oxygen atoms in total. The van der Waals surface area contributed by atoms with Gasteiger partial charge in [0.15, 0.2) is 0 Å². The Morgan fingerprint density at radius 3 is 2.86 bits per heavy atom. The van der Waals surface area contributed by atoms with E-state index in [0.717, 1.165) is 11.8 Å². The molecule has 0 unspecified atom stereocenters. The second-order valence-electron chi connectivity index (χ2n) is 2.64. The Morgan fingerprint density at radius 2 is 2.29 bits per heavy atom. The van der Waals surface area contributed by atoms with Crippen LogP contribution in [0.1, 0.15) is 12.0 Å². The van der Waals surface area contributed by atoms with Gasteiger partial charge in [0, 0.05) is 11.4 Å². The fraction of sp³-hybridized carbons (Fsp3) is 0.300. The Labute approximate surface area is 90.4 Å². The van der Waals surface area contributed by atoms with Gasteiger partial charge in [-0.15, -0.1) is 0 Å². The van der Waals surface area contributed by atoms with Crippen LogP contribution in [0.3, 0.4) is 0 Å². The monoisotopic (exact) mass is 257 g/mol. The molecular weight excluding hydrogens is 249 g/mol. The maximum atomic E-state index is 13.0. The minimum Gasteiger partial charge on any atom is -0.493 e. The van der Waals surface area contributed by atoms with Crippen molar-refractivity contribution in [2.75, 3.05) is 11.9 Å². The van der Waals surface area contributed by atoms with Crippen LogP contribution in [0.2, 0.25) is 0 Å². The highest BCUT2D eigenvalue weighted by molar-refractivity contribution is 9.09. The molecule has 14 heavy (non-hydrogen) atoms. The number of halogens is 2. The molecule has 0 aromatic heterocycles. The van der Waals surface area contributed by atoms with Gasteiger partial charge >= 0.3 is 0 Å². The van der Waals surface area contributed by atoms with Gasteiger partial charge in [0.05, 0.1) is 12.2 Å². The fourth-order valence-corrected chi connectivity index (χ4v) is 1.15. The van der Waals surface area contributed by atoms with Crippen LogP contribution in [0, 0.1) is 17.1 Å². The first-order valence-electron chi connectivity index (χ1n) is 4.16. The third kappa shape index (κ3) is 3.00. The highest BCUT2D eigenvalue weighted by Gasteiger charge is 2.02. The number of nitrogens with zero attached hydrogens (tertiary/aromatic N) is 1. The zero-order chi connectivity index (χ0) is 10.4. The van der Waals surface area contributed by atoms with Crippen LogP contribution in [-0.2, 0) is 0 Å². The van der Waals surface area contributed by atoms with Crippen molar-refractivity contribution >= 4 is 15.9 Å². The number of alkyl halides is 1. The summed E-state index contributed by atoms with van der Waals surface area (Å²) >= 11 is 3.26. The lowest BCUT2D eigenvalue weighted by Gasteiger charge is -2.04. The Balaban J connectivity index is 2.63. The quantitative estimate of drug-likeness (QED) is 0.614. The lowest BCUT2D eigenvalue weighted by atomic mass is 10.2. The molecule has 0 fully saturated rings. The predicted molar refractivity (Wildman–Crippen MR) is 55.0 cm³/mol. The highest BCUT2D eigenvalue weighted by atomic mass is 79.9. The van der Waals surface area contributed by atoms with E-state index in [0.29, 0.717) is 12.4 Å². The Kier molecular flexibility index (Phi) is 4.41. The van der Waals surface area contributed by atoms with Gasteiger partial charge < -0.3 is 4.74 Å². The van der Waals surface area contributed by atoms with Crippen molar-refractivity contribution in [1.82, 2.24) is 0 Å². The summed E-state index contributed by atoms with van der Waals surface area (Å²) in [5.41, 5.74) is 0.0397. The third-order valence-electron chi connectivity index (χ3n) is 1.61. The number of nitriles is 1. The molecular formula is C10H9BrFNO. The van der Waals surface area contributed by atoms with Crippen LogP contribution in [0.5, 0.6) is 5.75 Å². The molecule has 0 aliphatic carbocycles. The van der Waals surface area contributed by atoms with Gasteiger partial charge in [-0.2, -0.15) is 5.26 Å². The Hall–Kier alpha value is -1.08. The van der Waals surface area contributed by atoms with E-state index < -0.39 is 5.82 Å². The molecule has 0 spiro atoms. The van der Waals surface area contributed by atoms with Gasteiger partial charge in [-0.25, -0.2) is 4.39 Å². The largest absolute Gasteiger partial charge is 0.493 e. The van der Waals surface area contributed by atoms with Crippen LogP contribution in [0.4, 0.5) is 4.39 Å². The number of hydrogen-bond donors (Lipinski definition) is 0. The smallest absolute Gasteiger partial charge is 0.144 e. The van der Waals surface area contributed by atoms with Gasteiger partial charge in [-0.05, 0) is 18.6 Å². The average Bonchev–Trinajstić information content (AvgIpc) is 2.18. The molecule has 0 aliphatic rings. The first-order chi connectivity index (χ1) is 6.77. The van der Waals surface area contributed by atoms with E-state index in [4.69, 9.17) is 10.00 Å². The molecule has 0 aliphatic heterocycles. The second kappa shape index (κ2) is 5.61. The van der Waals surface area contributed by atoms with Crippen molar-refractivity contribution in [3.05, 3.63) is 29.6 Å². The summed E-state index contributed by atoms with van der Waals surface area (Å²) in [4.78, 5) is 0. The van der Waals surface area contributed by atoms with Crippen LogP contribution < -0.4 is 4.74 Å². The molecule has 74 valence electrons.